The average Bonchev–Trinajstić information content (AvgIpc) is 2.93. The van der Waals surface area contributed by atoms with Gasteiger partial charge in [0.2, 0.25) is 0 Å². The molecule has 2 fully saturated rings. The predicted molar refractivity (Wildman–Crippen MR) is 88.5 cm³/mol. The molecular weight excluding hydrogens is 311 g/mol. The van der Waals surface area contributed by atoms with E-state index in [-0.39, 0.29) is 24.2 Å². The van der Waals surface area contributed by atoms with Gasteiger partial charge in [0.25, 0.3) is 5.91 Å². The molecule has 3 rings (SSSR count). The third kappa shape index (κ3) is 3.77. The molecule has 1 aromatic rings. The number of rotatable bonds is 5. The van der Waals surface area contributed by atoms with Crippen LogP contribution in [0.15, 0.2) is 24.3 Å². The summed E-state index contributed by atoms with van der Waals surface area (Å²) in [7, 11) is 4.00. The molecule has 0 radical (unpaired) electrons. The van der Waals surface area contributed by atoms with Gasteiger partial charge in [-0.3, -0.25) is 4.79 Å². The number of fused-ring (bicyclic) bond motifs is 1. The minimum atomic E-state index is -0.393. The van der Waals surface area contributed by atoms with Gasteiger partial charge in [-0.2, -0.15) is 0 Å². The molecule has 2 aliphatic rings. The number of halogens is 1. The number of likely N-dealkylation sites (tertiary alicyclic amines) is 1. The van der Waals surface area contributed by atoms with Crippen molar-refractivity contribution in [3.05, 3.63) is 35.6 Å². The lowest BCUT2D eigenvalue weighted by molar-refractivity contribution is -0.0776. The Bertz CT molecular complexity index is 581. The van der Waals surface area contributed by atoms with Gasteiger partial charge in [-0.05, 0) is 45.1 Å². The molecule has 0 aliphatic carbocycles. The number of ether oxygens (including phenoxy) is 2. The molecule has 3 atom stereocenters. The number of nitrogens with zero attached hydrogens (tertiary/aromatic N) is 2. The van der Waals surface area contributed by atoms with Crippen molar-refractivity contribution in [2.45, 2.75) is 31.1 Å². The molecule has 0 N–H and O–H groups in total. The number of amides is 1. The maximum atomic E-state index is 13.4. The molecule has 2 aliphatic heterocycles. The molecule has 1 amide bonds. The first-order valence-corrected chi connectivity index (χ1v) is 8.51. The molecule has 6 heteroatoms. The minimum Gasteiger partial charge on any atom is -0.373 e. The van der Waals surface area contributed by atoms with Gasteiger partial charge in [0.05, 0.1) is 19.2 Å². The van der Waals surface area contributed by atoms with Crippen LogP contribution in [0.1, 0.15) is 23.2 Å². The standard InChI is InChI=1S/C18H25FN2O3/c1-20(2)8-10-23-16-12-21(15-7-4-9-24-17(15)16)18(22)13-5-3-6-14(19)11-13/h3,5-6,11,15-17H,4,7-10,12H2,1-2H3/t15-,16-,17+/m1/s1. The second kappa shape index (κ2) is 7.59. The van der Waals surface area contributed by atoms with E-state index in [2.05, 4.69) is 4.90 Å². The van der Waals surface area contributed by atoms with E-state index >= 15 is 0 Å². The van der Waals surface area contributed by atoms with Crippen molar-refractivity contribution >= 4 is 5.91 Å². The zero-order chi connectivity index (χ0) is 17.1. The molecule has 5 nitrogen and oxygen atoms in total. The summed E-state index contributed by atoms with van der Waals surface area (Å²) in [6, 6.07) is 5.88. The lowest BCUT2D eigenvalue weighted by atomic mass is 10.0. The second-order valence-corrected chi connectivity index (χ2v) is 6.73. The van der Waals surface area contributed by atoms with E-state index in [1.165, 1.54) is 12.1 Å². The number of carbonyl (C=O) groups is 1. The van der Waals surface area contributed by atoms with Gasteiger partial charge >= 0.3 is 0 Å². The SMILES string of the molecule is CN(C)CCO[C@@H]1CN(C(=O)c2cccc(F)c2)[C@@H]2CCCO[C@@H]21. The van der Waals surface area contributed by atoms with Gasteiger partial charge in [0.15, 0.2) is 0 Å². The number of carbonyl (C=O) groups excluding carboxylic acids is 1. The maximum absolute atomic E-state index is 13.4. The largest absolute Gasteiger partial charge is 0.373 e. The van der Waals surface area contributed by atoms with Gasteiger partial charge in [-0.15, -0.1) is 0 Å². The summed E-state index contributed by atoms with van der Waals surface area (Å²) < 4.78 is 25.3. The highest BCUT2D eigenvalue weighted by Crippen LogP contribution is 2.31. The normalized spacial score (nSPS) is 26.7. The van der Waals surface area contributed by atoms with Crippen molar-refractivity contribution in [3.63, 3.8) is 0 Å². The number of hydrogen-bond acceptors (Lipinski definition) is 4. The summed E-state index contributed by atoms with van der Waals surface area (Å²) in [6.07, 6.45) is 1.63. The first-order chi connectivity index (χ1) is 11.6. The molecule has 0 spiro atoms. The molecule has 0 unspecified atom stereocenters. The van der Waals surface area contributed by atoms with Crippen LogP contribution in [0, 0.1) is 5.82 Å². The van der Waals surface area contributed by atoms with Gasteiger partial charge in [-0.25, -0.2) is 4.39 Å². The smallest absolute Gasteiger partial charge is 0.254 e. The molecule has 0 bridgehead atoms. The fourth-order valence-corrected chi connectivity index (χ4v) is 3.46. The van der Waals surface area contributed by atoms with Crippen LogP contribution in [0.25, 0.3) is 0 Å². The van der Waals surface area contributed by atoms with Crippen LogP contribution in [0.3, 0.4) is 0 Å². The highest BCUT2D eigenvalue weighted by Gasteiger charge is 2.46. The lowest BCUT2D eigenvalue weighted by Crippen LogP contribution is -2.44. The van der Waals surface area contributed by atoms with Crippen molar-refractivity contribution in [1.82, 2.24) is 9.80 Å². The van der Waals surface area contributed by atoms with E-state index in [0.717, 1.165) is 19.4 Å². The van der Waals surface area contributed by atoms with E-state index in [9.17, 15) is 9.18 Å². The van der Waals surface area contributed by atoms with Crippen molar-refractivity contribution in [3.8, 4) is 0 Å². The number of benzene rings is 1. The highest BCUT2D eigenvalue weighted by molar-refractivity contribution is 5.94. The van der Waals surface area contributed by atoms with Crippen LogP contribution < -0.4 is 0 Å². The molecule has 2 saturated heterocycles. The number of hydrogen-bond donors (Lipinski definition) is 0. The summed E-state index contributed by atoms with van der Waals surface area (Å²) in [6.45, 7) is 2.63. The van der Waals surface area contributed by atoms with E-state index in [0.29, 0.717) is 25.3 Å². The first-order valence-electron chi connectivity index (χ1n) is 8.51. The predicted octanol–water partition coefficient (Wildman–Crippen LogP) is 1.78. The van der Waals surface area contributed by atoms with Crippen molar-refractivity contribution < 1.29 is 18.7 Å². The van der Waals surface area contributed by atoms with Crippen molar-refractivity contribution in [2.75, 3.05) is 40.4 Å². The van der Waals surface area contributed by atoms with E-state index in [1.54, 1.807) is 17.0 Å². The summed E-state index contributed by atoms with van der Waals surface area (Å²) in [5.41, 5.74) is 0.383. The molecule has 1 aromatic carbocycles. The molecule has 24 heavy (non-hydrogen) atoms. The Labute approximate surface area is 142 Å². The fraction of sp³-hybridized carbons (Fsp3) is 0.611. The maximum Gasteiger partial charge on any atom is 0.254 e. The monoisotopic (exact) mass is 336 g/mol. The van der Waals surface area contributed by atoms with Gasteiger partial charge < -0.3 is 19.3 Å². The van der Waals surface area contributed by atoms with Crippen LogP contribution in [-0.4, -0.2) is 74.4 Å². The molecule has 2 heterocycles. The van der Waals surface area contributed by atoms with Crippen molar-refractivity contribution in [2.24, 2.45) is 0 Å². The Balaban J connectivity index is 1.72. The summed E-state index contributed by atoms with van der Waals surface area (Å²) in [5.74, 6) is -0.538. The topological polar surface area (TPSA) is 42.0 Å². The average molecular weight is 336 g/mol. The highest BCUT2D eigenvalue weighted by atomic mass is 19.1. The number of likely N-dealkylation sites (N-methyl/N-ethyl adjacent to an activating group) is 1. The Kier molecular flexibility index (Phi) is 5.48. The lowest BCUT2D eigenvalue weighted by Gasteiger charge is -2.32. The molecule has 132 valence electrons. The summed E-state index contributed by atoms with van der Waals surface area (Å²) in [5, 5.41) is 0. The first kappa shape index (κ1) is 17.3. The Morgan fingerprint density at radius 2 is 2.29 bits per heavy atom. The van der Waals surface area contributed by atoms with E-state index < -0.39 is 5.82 Å². The molecule has 0 saturated carbocycles. The van der Waals surface area contributed by atoms with Gasteiger partial charge in [0, 0.05) is 18.7 Å². The van der Waals surface area contributed by atoms with Crippen LogP contribution in [0.4, 0.5) is 4.39 Å². The van der Waals surface area contributed by atoms with Crippen LogP contribution in [0.2, 0.25) is 0 Å². The Morgan fingerprint density at radius 3 is 3.04 bits per heavy atom. The van der Waals surface area contributed by atoms with E-state index in [1.807, 2.05) is 14.1 Å². The van der Waals surface area contributed by atoms with Crippen LogP contribution >= 0.6 is 0 Å². The van der Waals surface area contributed by atoms with Crippen molar-refractivity contribution in [1.29, 1.82) is 0 Å². The van der Waals surface area contributed by atoms with Gasteiger partial charge in [0.1, 0.15) is 18.0 Å². The third-order valence-electron chi connectivity index (χ3n) is 4.68. The Morgan fingerprint density at radius 1 is 1.46 bits per heavy atom. The van der Waals surface area contributed by atoms with E-state index in [4.69, 9.17) is 9.47 Å². The summed E-state index contributed by atoms with van der Waals surface area (Å²) in [4.78, 5) is 16.7. The second-order valence-electron chi connectivity index (χ2n) is 6.73. The van der Waals surface area contributed by atoms with Crippen LogP contribution in [0.5, 0.6) is 0 Å². The van der Waals surface area contributed by atoms with Gasteiger partial charge in [-0.1, -0.05) is 6.07 Å². The zero-order valence-electron chi connectivity index (χ0n) is 14.3. The summed E-state index contributed by atoms with van der Waals surface area (Å²) >= 11 is 0. The Hall–Kier alpha value is -1.50. The zero-order valence-corrected chi connectivity index (χ0v) is 14.3. The third-order valence-corrected chi connectivity index (χ3v) is 4.68. The quantitative estimate of drug-likeness (QED) is 0.822. The minimum absolute atomic E-state index is 0.0128. The van der Waals surface area contributed by atoms with Crippen LogP contribution in [-0.2, 0) is 9.47 Å². The molecular formula is C18H25FN2O3. The fourth-order valence-electron chi connectivity index (χ4n) is 3.46. The molecule has 0 aromatic heterocycles.